The van der Waals surface area contributed by atoms with Crippen molar-refractivity contribution >= 4 is 17.4 Å². The molecule has 19 heavy (non-hydrogen) atoms. The average molecular weight is 279 g/mol. The van der Waals surface area contributed by atoms with Gasteiger partial charge in [0.15, 0.2) is 5.78 Å². The normalized spacial score (nSPS) is 23.3. The van der Waals surface area contributed by atoms with Crippen LogP contribution in [-0.4, -0.2) is 11.7 Å². The second kappa shape index (κ2) is 7.09. The van der Waals surface area contributed by atoms with Gasteiger partial charge in [-0.15, -0.1) is 11.6 Å². The van der Waals surface area contributed by atoms with Gasteiger partial charge >= 0.3 is 0 Å². The van der Waals surface area contributed by atoms with Crippen LogP contribution in [-0.2, 0) is 0 Å². The molecule has 0 saturated heterocycles. The van der Waals surface area contributed by atoms with E-state index in [0.29, 0.717) is 5.92 Å². The molecule has 0 heterocycles. The molecule has 1 nitrogen and oxygen atoms in total. The Morgan fingerprint density at radius 1 is 1.16 bits per heavy atom. The largest absolute Gasteiger partial charge is 0.293 e. The van der Waals surface area contributed by atoms with Gasteiger partial charge in [-0.2, -0.15) is 0 Å². The van der Waals surface area contributed by atoms with Gasteiger partial charge in [0.05, 0.1) is 5.88 Å². The molecular weight excluding hydrogens is 256 g/mol. The Bertz CT molecular complexity index is 402. The molecule has 0 atom stereocenters. The minimum absolute atomic E-state index is 0.0138. The monoisotopic (exact) mass is 278 g/mol. The summed E-state index contributed by atoms with van der Waals surface area (Å²) in [5.41, 5.74) is 2.12. The second-order valence-corrected chi connectivity index (χ2v) is 5.95. The summed E-state index contributed by atoms with van der Waals surface area (Å²) in [7, 11) is 0. The summed E-state index contributed by atoms with van der Waals surface area (Å²) in [5.74, 6) is 1.72. The molecule has 2 heteroatoms. The number of benzene rings is 1. The molecule has 1 saturated carbocycles. The number of Topliss-reactive ketones (excluding diaryl/α,β-unsaturated/α-hetero) is 1. The fourth-order valence-corrected chi connectivity index (χ4v) is 3.37. The molecule has 0 bridgehead atoms. The Balaban J connectivity index is 1.94. The van der Waals surface area contributed by atoms with Gasteiger partial charge in [-0.3, -0.25) is 4.79 Å². The van der Waals surface area contributed by atoms with Gasteiger partial charge in [0.1, 0.15) is 0 Å². The molecule has 0 unspecified atom stereocenters. The number of ketones is 1. The maximum absolute atomic E-state index is 11.5. The lowest BCUT2D eigenvalue weighted by molar-refractivity contribution is 0.102. The van der Waals surface area contributed by atoms with E-state index in [4.69, 9.17) is 11.6 Å². The number of hydrogen-bond acceptors (Lipinski definition) is 1. The summed E-state index contributed by atoms with van der Waals surface area (Å²) < 4.78 is 0. The predicted octanol–water partition coefficient (Wildman–Crippen LogP) is 5.18. The first kappa shape index (κ1) is 14.6. The van der Waals surface area contributed by atoms with E-state index >= 15 is 0 Å². The van der Waals surface area contributed by atoms with Crippen molar-refractivity contribution in [2.24, 2.45) is 5.92 Å². The topological polar surface area (TPSA) is 17.1 Å². The summed E-state index contributed by atoms with van der Waals surface area (Å²) in [6.07, 6.45) is 8.02. The van der Waals surface area contributed by atoms with Crippen molar-refractivity contribution in [2.75, 3.05) is 5.88 Å². The van der Waals surface area contributed by atoms with Crippen LogP contribution in [0.15, 0.2) is 24.3 Å². The SMILES string of the molecule is CCCC1CCC(c2ccc(C(=O)CCl)cc2)CC1. The van der Waals surface area contributed by atoms with Crippen LogP contribution in [0, 0.1) is 5.92 Å². The highest BCUT2D eigenvalue weighted by molar-refractivity contribution is 6.30. The van der Waals surface area contributed by atoms with Gasteiger partial charge in [-0.1, -0.05) is 44.0 Å². The van der Waals surface area contributed by atoms with Crippen molar-refractivity contribution in [1.82, 2.24) is 0 Å². The number of hydrogen-bond donors (Lipinski definition) is 0. The lowest BCUT2D eigenvalue weighted by Gasteiger charge is -2.28. The van der Waals surface area contributed by atoms with Crippen molar-refractivity contribution in [2.45, 2.75) is 51.4 Å². The molecule has 0 aliphatic heterocycles. The van der Waals surface area contributed by atoms with Gasteiger partial charge < -0.3 is 0 Å². The third-order valence-electron chi connectivity index (χ3n) is 4.37. The maximum Gasteiger partial charge on any atom is 0.177 e. The second-order valence-electron chi connectivity index (χ2n) is 5.69. The highest BCUT2D eigenvalue weighted by Crippen LogP contribution is 2.37. The lowest BCUT2D eigenvalue weighted by Crippen LogP contribution is -2.13. The van der Waals surface area contributed by atoms with Crippen LogP contribution in [0.3, 0.4) is 0 Å². The van der Waals surface area contributed by atoms with Crippen LogP contribution in [0.2, 0.25) is 0 Å². The molecule has 0 aromatic heterocycles. The van der Waals surface area contributed by atoms with E-state index in [0.717, 1.165) is 11.5 Å². The summed E-state index contributed by atoms with van der Waals surface area (Å²) >= 11 is 5.57. The van der Waals surface area contributed by atoms with Crippen LogP contribution in [0.1, 0.15) is 67.3 Å². The van der Waals surface area contributed by atoms with Crippen LogP contribution < -0.4 is 0 Å². The zero-order valence-corrected chi connectivity index (χ0v) is 12.5. The summed E-state index contributed by atoms with van der Waals surface area (Å²) in [4.78, 5) is 11.5. The first-order chi connectivity index (χ1) is 9.24. The van der Waals surface area contributed by atoms with Crippen molar-refractivity contribution in [3.63, 3.8) is 0 Å². The molecular formula is C17H23ClO. The molecule has 0 radical (unpaired) electrons. The van der Waals surface area contributed by atoms with Crippen LogP contribution >= 0.6 is 11.6 Å². The number of rotatable bonds is 5. The fourth-order valence-electron chi connectivity index (χ4n) is 3.21. The molecule has 0 spiro atoms. The minimum atomic E-state index is 0.0138. The fraction of sp³-hybridized carbons (Fsp3) is 0.588. The van der Waals surface area contributed by atoms with Crippen molar-refractivity contribution in [3.05, 3.63) is 35.4 Å². The van der Waals surface area contributed by atoms with Crippen molar-refractivity contribution < 1.29 is 4.79 Å². The van der Waals surface area contributed by atoms with Crippen LogP contribution in [0.25, 0.3) is 0 Å². The number of halogens is 1. The van der Waals surface area contributed by atoms with E-state index in [1.54, 1.807) is 0 Å². The van der Waals surface area contributed by atoms with E-state index in [1.165, 1.54) is 44.1 Å². The van der Waals surface area contributed by atoms with E-state index in [1.807, 2.05) is 12.1 Å². The molecule has 1 aliphatic carbocycles. The molecule has 1 aromatic carbocycles. The Morgan fingerprint density at radius 2 is 1.79 bits per heavy atom. The zero-order valence-electron chi connectivity index (χ0n) is 11.7. The average Bonchev–Trinajstić information content (AvgIpc) is 2.48. The Morgan fingerprint density at radius 3 is 2.32 bits per heavy atom. The quantitative estimate of drug-likeness (QED) is 0.536. The van der Waals surface area contributed by atoms with Crippen LogP contribution in [0.4, 0.5) is 0 Å². The number of alkyl halides is 1. The molecule has 2 rings (SSSR count). The Labute approximate surface area is 121 Å². The Kier molecular flexibility index (Phi) is 5.45. The van der Waals surface area contributed by atoms with Gasteiger partial charge in [0, 0.05) is 5.56 Å². The first-order valence-electron chi connectivity index (χ1n) is 7.43. The number of carbonyl (C=O) groups is 1. The van der Waals surface area contributed by atoms with Crippen molar-refractivity contribution in [3.8, 4) is 0 Å². The smallest absolute Gasteiger partial charge is 0.177 e. The van der Waals surface area contributed by atoms with Gasteiger partial charge in [0.2, 0.25) is 0 Å². The Hall–Kier alpha value is -0.820. The van der Waals surface area contributed by atoms with Gasteiger partial charge in [-0.25, -0.2) is 0 Å². The molecule has 1 aliphatic rings. The standard InChI is InChI=1S/C17H23ClO/c1-2-3-13-4-6-14(7-5-13)15-8-10-16(11-9-15)17(19)12-18/h8-11,13-14H,2-7,12H2,1H3. The van der Waals surface area contributed by atoms with E-state index in [-0.39, 0.29) is 11.7 Å². The predicted molar refractivity (Wildman–Crippen MR) is 81.1 cm³/mol. The summed E-state index contributed by atoms with van der Waals surface area (Å²) in [5, 5.41) is 0. The van der Waals surface area contributed by atoms with Gasteiger partial charge in [0.25, 0.3) is 0 Å². The molecule has 0 N–H and O–H groups in total. The van der Waals surface area contributed by atoms with E-state index in [2.05, 4.69) is 19.1 Å². The molecule has 104 valence electrons. The first-order valence-corrected chi connectivity index (χ1v) is 7.97. The lowest BCUT2D eigenvalue weighted by atomic mass is 9.77. The van der Waals surface area contributed by atoms with Gasteiger partial charge in [-0.05, 0) is 43.1 Å². The number of carbonyl (C=O) groups excluding carboxylic acids is 1. The third kappa shape index (κ3) is 3.82. The highest BCUT2D eigenvalue weighted by Gasteiger charge is 2.21. The van der Waals surface area contributed by atoms with Crippen molar-refractivity contribution in [1.29, 1.82) is 0 Å². The van der Waals surface area contributed by atoms with E-state index in [9.17, 15) is 4.79 Å². The molecule has 1 fully saturated rings. The zero-order chi connectivity index (χ0) is 13.7. The summed E-state index contributed by atoms with van der Waals surface area (Å²) in [6, 6.07) is 8.09. The minimum Gasteiger partial charge on any atom is -0.293 e. The molecule has 0 amide bonds. The summed E-state index contributed by atoms with van der Waals surface area (Å²) in [6.45, 7) is 2.28. The van der Waals surface area contributed by atoms with E-state index < -0.39 is 0 Å². The maximum atomic E-state index is 11.5. The third-order valence-corrected chi connectivity index (χ3v) is 4.61. The highest BCUT2D eigenvalue weighted by atomic mass is 35.5. The van der Waals surface area contributed by atoms with Crippen LogP contribution in [0.5, 0.6) is 0 Å². The molecule has 1 aromatic rings.